The van der Waals surface area contributed by atoms with Crippen molar-refractivity contribution in [2.75, 3.05) is 26.2 Å². The van der Waals surface area contributed by atoms with Crippen LogP contribution in [0, 0.1) is 5.82 Å². The van der Waals surface area contributed by atoms with Gasteiger partial charge in [0.25, 0.3) is 0 Å². The van der Waals surface area contributed by atoms with Gasteiger partial charge in [-0.05, 0) is 49.7 Å². The lowest BCUT2D eigenvalue weighted by Crippen LogP contribution is -2.36. The molecule has 2 aromatic rings. The summed E-state index contributed by atoms with van der Waals surface area (Å²) in [5.74, 6) is 0.561. The van der Waals surface area contributed by atoms with Crippen LogP contribution in [0.15, 0.2) is 48.5 Å². The number of nitrogens with one attached hydrogen (secondary N) is 1. The number of aliphatic hydroxyl groups excluding tert-OH is 1. The van der Waals surface area contributed by atoms with Crippen LogP contribution in [0.4, 0.5) is 4.39 Å². The minimum atomic E-state index is -0.485. The Labute approximate surface area is 167 Å². The van der Waals surface area contributed by atoms with Gasteiger partial charge < -0.3 is 20.1 Å². The molecular weight excluding hydrogens is 355 g/mol. The third-order valence-electron chi connectivity index (χ3n) is 5.11. The van der Waals surface area contributed by atoms with Crippen molar-refractivity contribution in [1.29, 1.82) is 0 Å². The topological polar surface area (TPSA) is 44.7 Å². The first-order valence-corrected chi connectivity index (χ1v) is 10.3. The van der Waals surface area contributed by atoms with Gasteiger partial charge in [0.2, 0.25) is 0 Å². The Morgan fingerprint density at radius 2 is 1.79 bits per heavy atom. The Kier molecular flexibility index (Phi) is 8.27. The molecule has 0 unspecified atom stereocenters. The van der Waals surface area contributed by atoms with Crippen LogP contribution in [0.3, 0.4) is 0 Å². The maximum absolute atomic E-state index is 13.7. The second-order valence-electron chi connectivity index (χ2n) is 7.52. The molecule has 4 nitrogen and oxygen atoms in total. The predicted molar refractivity (Wildman–Crippen MR) is 110 cm³/mol. The van der Waals surface area contributed by atoms with E-state index in [1.54, 1.807) is 12.1 Å². The molecule has 1 heterocycles. The lowest BCUT2D eigenvalue weighted by Gasteiger charge is -2.23. The fraction of sp³-hybridized carbons (Fsp3) is 0.478. The van der Waals surface area contributed by atoms with E-state index in [9.17, 15) is 9.50 Å². The van der Waals surface area contributed by atoms with Crippen molar-refractivity contribution in [3.8, 4) is 5.75 Å². The molecule has 0 radical (unpaired) electrons. The van der Waals surface area contributed by atoms with Crippen LogP contribution in [-0.4, -0.2) is 42.4 Å². The molecule has 0 aliphatic carbocycles. The van der Waals surface area contributed by atoms with Gasteiger partial charge in [0, 0.05) is 25.2 Å². The molecule has 0 spiro atoms. The zero-order chi connectivity index (χ0) is 19.6. The maximum Gasteiger partial charge on any atom is 0.127 e. The first kappa shape index (κ1) is 20.8. The molecule has 0 aromatic heterocycles. The molecule has 1 aliphatic rings. The zero-order valence-corrected chi connectivity index (χ0v) is 16.4. The average Bonchev–Trinajstić information content (AvgIpc) is 2.97. The predicted octanol–water partition coefficient (Wildman–Crippen LogP) is 3.73. The van der Waals surface area contributed by atoms with Crippen molar-refractivity contribution in [3.05, 3.63) is 65.5 Å². The van der Waals surface area contributed by atoms with Gasteiger partial charge in [-0.1, -0.05) is 43.2 Å². The van der Waals surface area contributed by atoms with Crippen LogP contribution in [0.2, 0.25) is 0 Å². The number of β-amino-alcohol motifs (C(OH)–C–C–N with tert-alkyl or cyclic N) is 1. The van der Waals surface area contributed by atoms with Gasteiger partial charge in [0.05, 0.1) is 0 Å². The largest absolute Gasteiger partial charge is 0.491 e. The van der Waals surface area contributed by atoms with E-state index in [1.807, 2.05) is 30.3 Å². The Morgan fingerprint density at radius 3 is 2.57 bits per heavy atom. The van der Waals surface area contributed by atoms with Crippen LogP contribution in [0.25, 0.3) is 0 Å². The second kappa shape index (κ2) is 11.1. The van der Waals surface area contributed by atoms with Crippen molar-refractivity contribution < 1.29 is 14.2 Å². The smallest absolute Gasteiger partial charge is 0.127 e. The van der Waals surface area contributed by atoms with Gasteiger partial charge in [-0.3, -0.25) is 0 Å². The summed E-state index contributed by atoms with van der Waals surface area (Å²) in [6.45, 7) is 4.21. The third kappa shape index (κ3) is 6.89. The highest BCUT2D eigenvalue weighted by Gasteiger charge is 2.14. The molecule has 0 saturated carbocycles. The molecule has 0 amide bonds. The minimum absolute atomic E-state index is 0.189. The van der Waals surface area contributed by atoms with Crippen molar-refractivity contribution in [2.24, 2.45) is 0 Å². The standard InChI is InChI=1S/C23H31FN2O2/c24-23-11-4-3-9-20(23)16-25-15-19-8-7-10-22(14-19)28-18-21(27)17-26-12-5-1-2-6-13-26/h3-4,7-11,14,21,25,27H,1-2,5-6,12-13,15-18H2/t21-/m0/s1. The minimum Gasteiger partial charge on any atom is -0.491 e. The Morgan fingerprint density at radius 1 is 1.00 bits per heavy atom. The molecule has 1 saturated heterocycles. The molecule has 2 N–H and O–H groups in total. The van der Waals surface area contributed by atoms with Crippen molar-refractivity contribution in [2.45, 2.75) is 44.9 Å². The molecule has 28 heavy (non-hydrogen) atoms. The van der Waals surface area contributed by atoms with E-state index in [1.165, 1.54) is 31.7 Å². The summed E-state index contributed by atoms with van der Waals surface area (Å²) in [7, 11) is 0. The number of likely N-dealkylation sites (tertiary alicyclic amines) is 1. The van der Waals surface area contributed by atoms with Gasteiger partial charge in [0.1, 0.15) is 24.3 Å². The van der Waals surface area contributed by atoms with Crippen molar-refractivity contribution >= 4 is 0 Å². The summed E-state index contributed by atoms with van der Waals surface area (Å²) in [5.41, 5.74) is 1.72. The van der Waals surface area contributed by atoms with Crippen molar-refractivity contribution in [3.63, 3.8) is 0 Å². The first-order valence-electron chi connectivity index (χ1n) is 10.3. The van der Waals surface area contributed by atoms with Crippen molar-refractivity contribution in [1.82, 2.24) is 10.2 Å². The summed E-state index contributed by atoms with van der Waals surface area (Å²) >= 11 is 0. The summed E-state index contributed by atoms with van der Waals surface area (Å²) in [5, 5.41) is 13.6. The number of hydrogen-bond acceptors (Lipinski definition) is 4. The van der Waals surface area contributed by atoms with E-state index in [4.69, 9.17) is 4.74 Å². The number of nitrogens with zero attached hydrogens (tertiary/aromatic N) is 1. The first-order chi connectivity index (χ1) is 13.7. The van der Waals surface area contributed by atoms with Gasteiger partial charge >= 0.3 is 0 Å². The van der Waals surface area contributed by atoms with Gasteiger partial charge in [-0.2, -0.15) is 0 Å². The van der Waals surface area contributed by atoms with Crippen LogP contribution < -0.4 is 10.1 Å². The molecule has 152 valence electrons. The fourth-order valence-corrected chi connectivity index (χ4v) is 3.59. The Hall–Kier alpha value is -1.95. The van der Waals surface area contributed by atoms with E-state index in [0.717, 1.165) is 24.4 Å². The number of ether oxygens (including phenoxy) is 1. The maximum atomic E-state index is 13.7. The van der Waals surface area contributed by atoms with Gasteiger partial charge in [-0.25, -0.2) is 4.39 Å². The molecular formula is C23H31FN2O2. The van der Waals surface area contributed by atoms with E-state index >= 15 is 0 Å². The van der Waals surface area contributed by atoms with E-state index in [0.29, 0.717) is 31.8 Å². The van der Waals surface area contributed by atoms with Gasteiger partial charge in [0.15, 0.2) is 0 Å². The van der Waals surface area contributed by atoms with E-state index < -0.39 is 6.10 Å². The number of rotatable bonds is 9. The van der Waals surface area contributed by atoms with E-state index in [-0.39, 0.29) is 5.82 Å². The highest BCUT2D eigenvalue weighted by molar-refractivity contribution is 5.28. The van der Waals surface area contributed by atoms with E-state index in [2.05, 4.69) is 10.2 Å². The number of halogens is 1. The molecule has 1 fully saturated rings. The van der Waals surface area contributed by atoms with Crippen LogP contribution >= 0.6 is 0 Å². The Bertz CT molecular complexity index is 717. The summed E-state index contributed by atoms with van der Waals surface area (Å²) in [6, 6.07) is 14.6. The molecule has 2 aromatic carbocycles. The molecule has 0 bridgehead atoms. The van der Waals surface area contributed by atoms with Crippen LogP contribution in [0.5, 0.6) is 5.75 Å². The summed E-state index contributed by atoms with van der Waals surface area (Å²) in [6.07, 6.45) is 4.54. The molecule has 3 rings (SSSR count). The quantitative estimate of drug-likeness (QED) is 0.689. The number of aliphatic hydroxyl groups is 1. The van der Waals surface area contributed by atoms with Crippen LogP contribution in [-0.2, 0) is 13.1 Å². The SMILES string of the molecule is O[C@H](COc1cccc(CNCc2ccccc2F)c1)CN1CCCCCC1. The number of benzene rings is 2. The highest BCUT2D eigenvalue weighted by Crippen LogP contribution is 2.15. The summed E-state index contributed by atoms with van der Waals surface area (Å²) in [4.78, 5) is 2.34. The molecule has 1 atom stereocenters. The highest BCUT2D eigenvalue weighted by atomic mass is 19.1. The summed E-state index contributed by atoms with van der Waals surface area (Å²) < 4.78 is 19.5. The second-order valence-corrected chi connectivity index (χ2v) is 7.52. The zero-order valence-electron chi connectivity index (χ0n) is 16.4. The third-order valence-corrected chi connectivity index (χ3v) is 5.11. The molecule has 5 heteroatoms. The lowest BCUT2D eigenvalue weighted by molar-refractivity contribution is 0.0693. The Balaban J connectivity index is 1.42. The number of hydrogen-bond donors (Lipinski definition) is 2. The monoisotopic (exact) mass is 386 g/mol. The average molecular weight is 387 g/mol. The molecule has 1 aliphatic heterocycles. The normalized spacial score (nSPS) is 16.5. The van der Waals surface area contributed by atoms with Gasteiger partial charge in [-0.15, -0.1) is 0 Å². The lowest BCUT2D eigenvalue weighted by atomic mass is 10.2. The fourth-order valence-electron chi connectivity index (χ4n) is 3.59. The van der Waals surface area contributed by atoms with Crippen LogP contribution in [0.1, 0.15) is 36.8 Å².